The normalized spacial score (nSPS) is 15.0. The number of benzene rings is 2. The minimum atomic E-state index is -0.336. The summed E-state index contributed by atoms with van der Waals surface area (Å²) in [5, 5.41) is 0.580. The highest BCUT2D eigenvalue weighted by Crippen LogP contribution is 2.32. The van der Waals surface area contributed by atoms with Gasteiger partial charge in [-0.25, -0.2) is 4.98 Å². The van der Waals surface area contributed by atoms with E-state index in [0.717, 1.165) is 37.1 Å². The molecule has 0 saturated heterocycles. The van der Waals surface area contributed by atoms with Crippen LogP contribution < -0.4 is 5.56 Å². The molecule has 1 unspecified atom stereocenters. The first kappa shape index (κ1) is 23.2. The Bertz CT molecular complexity index is 1230. The average molecular weight is 447 g/mol. The van der Waals surface area contributed by atoms with Crippen LogP contribution in [0.5, 0.6) is 0 Å². The van der Waals surface area contributed by atoms with Gasteiger partial charge in [0.15, 0.2) is 0 Å². The summed E-state index contributed by atoms with van der Waals surface area (Å²) >= 11 is 0. The first-order valence-electron chi connectivity index (χ1n) is 11.8. The summed E-state index contributed by atoms with van der Waals surface area (Å²) in [6.07, 6.45) is 2.99. The van der Waals surface area contributed by atoms with Gasteiger partial charge in [0.05, 0.1) is 22.6 Å². The van der Waals surface area contributed by atoms with Gasteiger partial charge in [0.1, 0.15) is 5.82 Å². The van der Waals surface area contributed by atoms with Crippen molar-refractivity contribution < 1.29 is 4.79 Å². The fourth-order valence-electron chi connectivity index (χ4n) is 4.38. The van der Waals surface area contributed by atoms with E-state index in [1.165, 1.54) is 5.56 Å². The molecular formula is C27H34N4O2. The molecule has 0 spiro atoms. The molecule has 6 heteroatoms. The minimum absolute atomic E-state index is 0.0804. The number of nitrogens with zero attached hydrogens (tertiary/aromatic N) is 4. The van der Waals surface area contributed by atoms with Crippen LogP contribution in [0.4, 0.5) is 0 Å². The zero-order valence-corrected chi connectivity index (χ0v) is 20.3. The van der Waals surface area contributed by atoms with Crippen LogP contribution in [0.3, 0.4) is 0 Å². The second-order valence-corrected chi connectivity index (χ2v) is 9.53. The fourth-order valence-corrected chi connectivity index (χ4v) is 4.38. The lowest BCUT2D eigenvalue weighted by Gasteiger charge is -2.36. The van der Waals surface area contributed by atoms with Gasteiger partial charge in [0, 0.05) is 19.0 Å². The predicted molar refractivity (Wildman–Crippen MR) is 133 cm³/mol. The average Bonchev–Trinajstić information content (AvgIpc) is 2.74. The molecular weight excluding hydrogens is 412 g/mol. The number of hydrogen-bond donors (Lipinski definition) is 0. The Balaban J connectivity index is 1.88. The minimum Gasteiger partial charge on any atom is -0.331 e. The maximum atomic E-state index is 13.7. The van der Waals surface area contributed by atoms with Gasteiger partial charge in [0.2, 0.25) is 5.91 Å². The molecule has 1 fully saturated rings. The summed E-state index contributed by atoms with van der Waals surface area (Å²) in [6.45, 7) is 7.46. The number of likely N-dealkylation sites (N-methyl/N-ethyl adjacent to an activating group) is 1. The first-order valence-corrected chi connectivity index (χ1v) is 11.8. The summed E-state index contributed by atoms with van der Waals surface area (Å²) in [6, 6.07) is 13.1. The van der Waals surface area contributed by atoms with Crippen molar-refractivity contribution in [3.05, 3.63) is 69.8 Å². The van der Waals surface area contributed by atoms with Crippen molar-refractivity contribution in [3.63, 3.8) is 0 Å². The Kier molecular flexibility index (Phi) is 6.66. The Morgan fingerprint density at radius 3 is 2.45 bits per heavy atom. The number of carbonyl (C=O) groups is 1. The van der Waals surface area contributed by atoms with Gasteiger partial charge in [-0.05, 0) is 83.1 Å². The SMILES string of the molecule is Cc1ccc(-n2c(C(C)N(CCN(C)C)C(=O)C3CCC3)nc3ccccc3c2=O)cc1C. The third kappa shape index (κ3) is 4.58. The van der Waals surface area contributed by atoms with Crippen LogP contribution in [0.25, 0.3) is 16.6 Å². The van der Waals surface area contributed by atoms with Crippen LogP contribution >= 0.6 is 0 Å². The number of fused-ring (bicyclic) bond motifs is 1. The molecule has 174 valence electrons. The molecule has 1 aliphatic carbocycles. The molecule has 1 aliphatic rings. The maximum absolute atomic E-state index is 13.7. The monoisotopic (exact) mass is 446 g/mol. The molecule has 1 amide bonds. The second kappa shape index (κ2) is 9.48. The van der Waals surface area contributed by atoms with E-state index in [9.17, 15) is 9.59 Å². The first-order chi connectivity index (χ1) is 15.8. The van der Waals surface area contributed by atoms with E-state index in [2.05, 4.69) is 11.8 Å². The Morgan fingerprint density at radius 2 is 1.82 bits per heavy atom. The molecule has 0 bridgehead atoms. The van der Waals surface area contributed by atoms with Gasteiger partial charge >= 0.3 is 0 Å². The predicted octanol–water partition coefficient (Wildman–Crippen LogP) is 4.25. The maximum Gasteiger partial charge on any atom is 0.266 e. The van der Waals surface area contributed by atoms with Gasteiger partial charge in [-0.1, -0.05) is 24.6 Å². The smallest absolute Gasteiger partial charge is 0.266 e. The van der Waals surface area contributed by atoms with Crippen molar-refractivity contribution in [2.24, 2.45) is 5.92 Å². The zero-order chi connectivity index (χ0) is 23.7. The van der Waals surface area contributed by atoms with E-state index in [-0.39, 0.29) is 23.4 Å². The second-order valence-electron chi connectivity index (χ2n) is 9.53. The van der Waals surface area contributed by atoms with E-state index in [1.54, 1.807) is 4.57 Å². The van der Waals surface area contributed by atoms with E-state index in [0.29, 0.717) is 23.3 Å². The molecule has 1 atom stereocenters. The fraction of sp³-hybridized carbons (Fsp3) is 0.444. The molecule has 0 radical (unpaired) electrons. The van der Waals surface area contributed by atoms with E-state index in [4.69, 9.17) is 4.98 Å². The lowest BCUT2D eigenvalue weighted by molar-refractivity contribution is -0.140. The van der Waals surface area contributed by atoms with Gasteiger partial charge < -0.3 is 9.80 Å². The highest BCUT2D eigenvalue weighted by Gasteiger charge is 2.34. The van der Waals surface area contributed by atoms with Crippen LogP contribution in [0.1, 0.15) is 49.2 Å². The number of amides is 1. The van der Waals surface area contributed by atoms with Gasteiger partial charge in [-0.3, -0.25) is 14.2 Å². The summed E-state index contributed by atoms with van der Waals surface area (Å²) in [4.78, 5) is 36.1. The number of aromatic nitrogens is 2. The van der Waals surface area contributed by atoms with Crippen LogP contribution in [0.15, 0.2) is 47.3 Å². The van der Waals surface area contributed by atoms with E-state index < -0.39 is 0 Å². The highest BCUT2D eigenvalue weighted by molar-refractivity contribution is 5.81. The van der Waals surface area contributed by atoms with Gasteiger partial charge in [0.25, 0.3) is 5.56 Å². The van der Waals surface area contributed by atoms with Crippen molar-refractivity contribution in [2.75, 3.05) is 27.2 Å². The van der Waals surface area contributed by atoms with E-state index >= 15 is 0 Å². The van der Waals surface area contributed by atoms with Gasteiger partial charge in [-0.15, -0.1) is 0 Å². The molecule has 2 aromatic carbocycles. The number of rotatable bonds is 7. The third-order valence-corrected chi connectivity index (χ3v) is 6.92. The lowest BCUT2D eigenvalue weighted by atomic mass is 9.84. The molecule has 0 N–H and O–H groups in total. The van der Waals surface area contributed by atoms with Crippen LogP contribution in [-0.4, -0.2) is 52.4 Å². The zero-order valence-electron chi connectivity index (χ0n) is 20.3. The number of para-hydroxylation sites is 1. The Hall–Kier alpha value is -2.99. The summed E-state index contributed by atoms with van der Waals surface area (Å²) in [5.74, 6) is 0.856. The highest BCUT2D eigenvalue weighted by atomic mass is 16.2. The van der Waals surface area contributed by atoms with Crippen molar-refractivity contribution in [3.8, 4) is 5.69 Å². The number of aryl methyl sites for hydroxylation is 2. The van der Waals surface area contributed by atoms with E-state index in [1.807, 2.05) is 75.3 Å². The lowest BCUT2D eigenvalue weighted by Crippen LogP contribution is -2.45. The molecule has 6 nitrogen and oxygen atoms in total. The van der Waals surface area contributed by atoms with Crippen molar-refractivity contribution in [1.29, 1.82) is 0 Å². The standard InChI is InChI=1S/C27H34N4O2/c1-18-13-14-22(17-19(18)2)31-25(28-24-12-7-6-11-23(24)27(31)33)20(3)30(16-15-29(4)5)26(32)21-9-8-10-21/h6-7,11-14,17,20-21H,8-10,15-16H2,1-5H3. The molecule has 0 aliphatic heterocycles. The van der Waals surface area contributed by atoms with Crippen LogP contribution in [0, 0.1) is 19.8 Å². The molecule has 4 rings (SSSR count). The quantitative estimate of drug-likeness (QED) is 0.544. The summed E-state index contributed by atoms with van der Waals surface area (Å²) in [5.41, 5.74) is 3.62. The topological polar surface area (TPSA) is 58.4 Å². The van der Waals surface area contributed by atoms with Crippen LogP contribution in [-0.2, 0) is 4.79 Å². The third-order valence-electron chi connectivity index (χ3n) is 6.92. The van der Waals surface area contributed by atoms with Crippen molar-refractivity contribution >= 4 is 16.8 Å². The molecule has 1 saturated carbocycles. The summed E-state index contributed by atoms with van der Waals surface area (Å²) in [7, 11) is 4.02. The summed E-state index contributed by atoms with van der Waals surface area (Å²) < 4.78 is 1.70. The Morgan fingerprint density at radius 1 is 1.09 bits per heavy atom. The number of carbonyl (C=O) groups excluding carboxylic acids is 1. The van der Waals surface area contributed by atoms with Crippen molar-refractivity contribution in [2.45, 2.75) is 46.1 Å². The number of hydrogen-bond acceptors (Lipinski definition) is 4. The van der Waals surface area contributed by atoms with Crippen LogP contribution in [0.2, 0.25) is 0 Å². The molecule has 3 aromatic rings. The molecule has 1 aromatic heterocycles. The van der Waals surface area contributed by atoms with Crippen molar-refractivity contribution in [1.82, 2.24) is 19.4 Å². The molecule has 33 heavy (non-hydrogen) atoms. The van der Waals surface area contributed by atoms with Gasteiger partial charge in [-0.2, -0.15) is 0 Å². The molecule has 1 heterocycles. The Labute approximate surface area is 195 Å². The largest absolute Gasteiger partial charge is 0.331 e.